The largest absolute Gasteiger partial charge is 0.361 e. The maximum atomic E-state index is 12.6. The second-order valence-electron chi connectivity index (χ2n) is 6.32. The fraction of sp³-hybridized carbons (Fsp3) is 0.526. The van der Waals surface area contributed by atoms with Crippen LogP contribution in [0.15, 0.2) is 27.9 Å². The Morgan fingerprint density at radius 3 is 2.84 bits per heavy atom. The van der Waals surface area contributed by atoms with Gasteiger partial charge >= 0.3 is 0 Å². The van der Waals surface area contributed by atoms with Gasteiger partial charge in [-0.15, -0.1) is 11.8 Å². The van der Waals surface area contributed by atoms with E-state index < -0.39 is 0 Å². The van der Waals surface area contributed by atoms with E-state index in [4.69, 9.17) is 4.52 Å². The van der Waals surface area contributed by atoms with Crippen molar-refractivity contribution >= 4 is 17.7 Å². The Morgan fingerprint density at radius 1 is 1.36 bits per heavy atom. The third kappa shape index (κ3) is 5.59. The van der Waals surface area contributed by atoms with Crippen LogP contribution in [0.25, 0.3) is 0 Å². The van der Waals surface area contributed by atoms with Gasteiger partial charge in [0.2, 0.25) is 0 Å². The molecule has 25 heavy (non-hydrogen) atoms. The molecule has 2 heterocycles. The molecule has 2 rings (SSSR count). The standard InChI is InChI=1S/C19H27N3O2S/c1-5-6-7-9-13(2)21-18(23)16-10-8-11-20-19(16)25-12-17-14(3)22-24-15(17)4/h8,10-11,13H,5-7,9,12H2,1-4H3,(H,21,23). The maximum absolute atomic E-state index is 12.6. The molecule has 0 aliphatic heterocycles. The number of amides is 1. The lowest BCUT2D eigenvalue weighted by atomic mass is 10.1. The molecule has 5 nitrogen and oxygen atoms in total. The zero-order valence-electron chi connectivity index (χ0n) is 15.5. The highest BCUT2D eigenvalue weighted by Crippen LogP contribution is 2.27. The summed E-state index contributed by atoms with van der Waals surface area (Å²) in [6, 6.07) is 3.80. The van der Waals surface area contributed by atoms with Crippen molar-refractivity contribution in [1.29, 1.82) is 0 Å². The predicted octanol–water partition coefficient (Wildman–Crippen LogP) is 4.68. The van der Waals surface area contributed by atoms with Gasteiger partial charge in [0.05, 0.1) is 11.3 Å². The summed E-state index contributed by atoms with van der Waals surface area (Å²) in [4.78, 5) is 17.0. The number of pyridine rings is 1. The Hall–Kier alpha value is -1.82. The van der Waals surface area contributed by atoms with E-state index >= 15 is 0 Å². The molecule has 1 unspecified atom stereocenters. The second kappa shape index (κ2) is 9.61. The number of carbonyl (C=O) groups excluding carboxylic acids is 1. The molecule has 136 valence electrons. The van der Waals surface area contributed by atoms with Crippen molar-refractivity contribution < 1.29 is 9.32 Å². The average Bonchev–Trinajstić information content (AvgIpc) is 2.91. The van der Waals surface area contributed by atoms with Gasteiger partial charge in [-0.05, 0) is 39.3 Å². The van der Waals surface area contributed by atoms with E-state index in [1.54, 1.807) is 12.3 Å². The van der Waals surface area contributed by atoms with E-state index in [1.165, 1.54) is 24.6 Å². The fourth-order valence-electron chi connectivity index (χ4n) is 2.60. The summed E-state index contributed by atoms with van der Waals surface area (Å²) in [7, 11) is 0. The van der Waals surface area contributed by atoms with Gasteiger partial charge in [-0.2, -0.15) is 0 Å². The van der Waals surface area contributed by atoms with Crippen molar-refractivity contribution in [3.05, 3.63) is 40.9 Å². The summed E-state index contributed by atoms with van der Waals surface area (Å²) < 4.78 is 5.20. The van der Waals surface area contributed by atoms with Gasteiger partial charge in [0.1, 0.15) is 10.8 Å². The van der Waals surface area contributed by atoms with Crippen LogP contribution < -0.4 is 5.32 Å². The number of carbonyl (C=O) groups is 1. The van der Waals surface area contributed by atoms with Crippen molar-refractivity contribution in [1.82, 2.24) is 15.5 Å². The van der Waals surface area contributed by atoms with Gasteiger partial charge in [0, 0.05) is 23.6 Å². The van der Waals surface area contributed by atoms with Crippen LogP contribution in [-0.2, 0) is 5.75 Å². The Labute approximate surface area is 154 Å². The highest BCUT2D eigenvalue weighted by Gasteiger charge is 2.16. The van der Waals surface area contributed by atoms with Gasteiger partial charge in [-0.25, -0.2) is 4.98 Å². The van der Waals surface area contributed by atoms with Gasteiger partial charge in [0.25, 0.3) is 5.91 Å². The smallest absolute Gasteiger partial charge is 0.254 e. The van der Waals surface area contributed by atoms with Crippen molar-refractivity contribution in [2.45, 2.75) is 70.2 Å². The van der Waals surface area contributed by atoms with E-state index in [0.29, 0.717) is 11.3 Å². The molecule has 0 bridgehead atoms. The first kappa shape index (κ1) is 19.5. The minimum absolute atomic E-state index is 0.0571. The topological polar surface area (TPSA) is 68.0 Å². The zero-order valence-corrected chi connectivity index (χ0v) is 16.3. The molecule has 2 aromatic heterocycles. The molecule has 0 saturated carbocycles. The van der Waals surface area contributed by atoms with Gasteiger partial charge in [-0.1, -0.05) is 31.3 Å². The van der Waals surface area contributed by atoms with Crippen LogP contribution in [0.3, 0.4) is 0 Å². The van der Waals surface area contributed by atoms with Crippen LogP contribution >= 0.6 is 11.8 Å². The quantitative estimate of drug-likeness (QED) is 0.519. The zero-order chi connectivity index (χ0) is 18.2. The summed E-state index contributed by atoms with van der Waals surface area (Å²) in [5.41, 5.74) is 2.58. The monoisotopic (exact) mass is 361 g/mol. The number of hydrogen-bond donors (Lipinski definition) is 1. The Morgan fingerprint density at radius 2 is 2.16 bits per heavy atom. The minimum atomic E-state index is -0.0571. The first-order valence-corrected chi connectivity index (χ1v) is 9.81. The van der Waals surface area contributed by atoms with Crippen molar-refractivity contribution in [2.75, 3.05) is 0 Å². The third-order valence-electron chi connectivity index (χ3n) is 4.17. The number of nitrogens with one attached hydrogen (secondary N) is 1. The Kier molecular flexibility index (Phi) is 7.50. The van der Waals surface area contributed by atoms with Gasteiger partial charge in [-0.3, -0.25) is 4.79 Å². The first-order chi connectivity index (χ1) is 12.0. The number of unbranched alkanes of at least 4 members (excludes halogenated alkanes) is 2. The molecule has 0 aromatic carbocycles. The van der Waals surface area contributed by atoms with Gasteiger partial charge < -0.3 is 9.84 Å². The van der Waals surface area contributed by atoms with Crippen LogP contribution in [0.2, 0.25) is 0 Å². The lowest BCUT2D eigenvalue weighted by molar-refractivity contribution is 0.0934. The molecular weight excluding hydrogens is 334 g/mol. The lowest BCUT2D eigenvalue weighted by Crippen LogP contribution is -2.32. The summed E-state index contributed by atoms with van der Waals surface area (Å²) >= 11 is 1.54. The van der Waals surface area contributed by atoms with Crippen LogP contribution in [0.5, 0.6) is 0 Å². The number of thioether (sulfide) groups is 1. The highest BCUT2D eigenvalue weighted by atomic mass is 32.2. The van der Waals surface area contributed by atoms with Crippen LogP contribution in [0, 0.1) is 13.8 Å². The second-order valence-corrected chi connectivity index (χ2v) is 7.28. The minimum Gasteiger partial charge on any atom is -0.361 e. The van der Waals surface area contributed by atoms with Crippen molar-refractivity contribution in [3.63, 3.8) is 0 Å². The van der Waals surface area contributed by atoms with E-state index in [2.05, 4.69) is 29.3 Å². The normalized spacial score (nSPS) is 12.2. The Balaban J connectivity index is 2.00. The number of nitrogens with zero attached hydrogens (tertiary/aromatic N) is 2. The SMILES string of the molecule is CCCCCC(C)NC(=O)c1cccnc1SCc1c(C)noc1C. The van der Waals surface area contributed by atoms with E-state index in [-0.39, 0.29) is 11.9 Å². The highest BCUT2D eigenvalue weighted by molar-refractivity contribution is 7.98. The lowest BCUT2D eigenvalue weighted by Gasteiger charge is -2.15. The number of hydrogen-bond acceptors (Lipinski definition) is 5. The van der Waals surface area contributed by atoms with E-state index in [0.717, 1.165) is 34.9 Å². The number of aryl methyl sites for hydroxylation is 2. The van der Waals surface area contributed by atoms with Crippen LogP contribution in [-0.4, -0.2) is 22.1 Å². The predicted molar refractivity (Wildman–Crippen MR) is 101 cm³/mol. The van der Waals surface area contributed by atoms with E-state index in [1.807, 2.05) is 19.9 Å². The van der Waals surface area contributed by atoms with Crippen molar-refractivity contribution in [2.24, 2.45) is 0 Å². The summed E-state index contributed by atoms with van der Waals surface area (Å²) in [6.07, 6.45) is 6.24. The van der Waals surface area contributed by atoms with Crippen LogP contribution in [0.4, 0.5) is 0 Å². The molecule has 2 aromatic rings. The number of rotatable bonds is 9. The third-order valence-corrected chi connectivity index (χ3v) is 5.20. The summed E-state index contributed by atoms with van der Waals surface area (Å²) in [5.74, 6) is 1.44. The molecule has 6 heteroatoms. The fourth-order valence-corrected chi connectivity index (χ4v) is 3.75. The maximum Gasteiger partial charge on any atom is 0.254 e. The molecule has 1 N–H and O–H groups in total. The van der Waals surface area contributed by atoms with Crippen molar-refractivity contribution in [3.8, 4) is 0 Å². The molecular formula is C19H27N3O2S. The molecule has 0 saturated heterocycles. The summed E-state index contributed by atoms with van der Waals surface area (Å²) in [6.45, 7) is 8.07. The number of aromatic nitrogens is 2. The average molecular weight is 362 g/mol. The molecule has 0 aliphatic carbocycles. The Bertz CT molecular complexity index is 680. The first-order valence-electron chi connectivity index (χ1n) is 8.83. The molecule has 0 fully saturated rings. The van der Waals surface area contributed by atoms with Crippen LogP contribution in [0.1, 0.15) is 66.9 Å². The molecule has 1 atom stereocenters. The molecule has 0 spiro atoms. The molecule has 0 aliphatic rings. The molecule has 1 amide bonds. The van der Waals surface area contributed by atoms with E-state index in [9.17, 15) is 4.79 Å². The summed E-state index contributed by atoms with van der Waals surface area (Å²) in [5, 5.41) is 7.80. The molecule has 0 radical (unpaired) electrons. The van der Waals surface area contributed by atoms with Gasteiger partial charge in [0.15, 0.2) is 0 Å².